The van der Waals surface area contributed by atoms with Gasteiger partial charge in [0, 0.05) is 6.92 Å². The Morgan fingerprint density at radius 1 is 1.40 bits per heavy atom. The molecular formula is C14H26O5Si. The number of esters is 1. The quantitative estimate of drug-likeness (QED) is 0.637. The van der Waals surface area contributed by atoms with Gasteiger partial charge in [0.25, 0.3) is 0 Å². The first-order valence-corrected chi connectivity index (χ1v) is 9.77. The summed E-state index contributed by atoms with van der Waals surface area (Å²) in [5.74, 6) is -0.372. The number of aliphatic hydroxyl groups is 1. The Hall–Kier alpha value is -0.853. The molecule has 0 amide bonds. The molecule has 0 aromatic rings. The van der Waals surface area contributed by atoms with E-state index in [1.807, 2.05) is 0 Å². The van der Waals surface area contributed by atoms with E-state index in [0.29, 0.717) is 0 Å². The molecule has 0 fully saturated rings. The van der Waals surface area contributed by atoms with Gasteiger partial charge in [0.05, 0.1) is 6.26 Å². The average molecular weight is 302 g/mol. The molecule has 0 spiro atoms. The van der Waals surface area contributed by atoms with Crippen molar-refractivity contribution in [2.45, 2.75) is 64.1 Å². The third-order valence-corrected chi connectivity index (χ3v) is 8.39. The van der Waals surface area contributed by atoms with Crippen LogP contribution in [0.2, 0.25) is 18.1 Å². The minimum atomic E-state index is -2.05. The van der Waals surface area contributed by atoms with Crippen LogP contribution in [0.3, 0.4) is 0 Å². The van der Waals surface area contributed by atoms with Crippen LogP contribution >= 0.6 is 0 Å². The third-order valence-electron chi connectivity index (χ3n) is 3.92. The molecule has 116 valence electrons. The molecule has 0 aliphatic carbocycles. The van der Waals surface area contributed by atoms with Crippen molar-refractivity contribution in [1.29, 1.82) is 0 Å². The van der Waals surface area contributed by atoms with E-state index in [4.69, 9.17) is 13.9 Å². The lowest BCUT2D eigenvalue weighted by atomic mass is 10.1. The molecule has 5 nitrogen and oxygen atoms in total. The van der Waals surface area contributed by atoms with Gasteiger partial charge in [-0.25, -0.2) is 0 Å². The summed E-state index contributed by atoms with van der Waals surface area (Å²) in [6.07, 6.45) is 1.25. The van der Waals surface area contributed by atoms with Crippen LogP contribution in [-0.4, -0.2) is 44.3 Å². The summed E-state index contributed by atoms with van der Waals surface area (Å²) in [6, 6.07) is 0. The second-order valence-corrected chi connectivity index (χ2v) is 11.4. The first kappa shape index (κ1) is 17.2. The highest BCUT2D eigenvalue weighted by atomic mass is 28.4. The minimum Gasteiger partial charge on any atom is -0.492 e. The van der Waals surface area contributed by atoms with E-state index in [1.165, 1.54) is 13.2 Å². The zero-order valence-corrected chi connectivity index (χ0v) is 14.2. The van der Waals surface area contributed by atoms with E-state index in [-0.39, 0.29) is 17.6 Å². The Bertz CT molecular complexity index is 372. The van der Waals surface area contributed by atoms with Crippen molar-refractivity contribution in [2.24, 2.45) is 0 Å². The monoisotopic (exact) mass is 302 g/mol. The molecule has 0 radical (unpaired) electrons. The summed E-state index contributed by atoms with van der Waals surface area (Å²) in [5, 5.41) is 10.2. The van der Waals surface area contributed by atoms with Crippen LogP contribution in [0.5, 0.6) is 0 Å². The summed E-state index contributed by atoms with van der Waals surface area (Å²) in [5.41, 5.74) is 0. The lowest BCUT2D eigenvalue weighted by Gasteiger charge is -2.42. The molecular weight excluding hydrogens is 276 g/mol. The fraction of sp³-hybridized carbons (Fsp3) is 0.786. The molecule has 1 rings (SSSR count). The largest absolute Gasteiger partial charge is 0.492 e. The van der Waals surface area contributed by atoms with Crippen LogP contribution in [-0.2, 0) is 18.7 Å². The lowest BCUT2D eigenvalue weighted by molar-refractivity contribution is -0.149. The fourth-order valence-corrected chi connectivity index (χ4v) is 2.96. The van der Waals surface area contributed by atoms with Gasteiger partial charge in [-0.2, -0.15) is 0 Å². The second-order valence-electron chi connectivity index (χ2n) is 6.64. The number of carbonyl (C=O) groups excluding carboxylic acids is 1. The van der Waals surface area contributed by atoms with Gasteiger partial charge in [-0.3, -0.25) is 4.79 Å². The maximum absolute atomic E-state index is 10.9. The molecule has 1 aliphatic rings. The lowest BCUT2D eigenvalue weighted by Crippen LogP contribution is -2.53. The highest BCUT2D eigenvalue weighted by molar-refractivity contribution is 6.74. The van der Waals surface area contributed by atoms with Crippen molar-refractivity contribution in [3.05, 3.63) is 12.3 Å². The Labute approximate surface area is 122 Å². The van der Waals surface area contributed by atoms with Crippen LogP contribution in [0.25, 0.3) is 0 Å². The maximum atomic E-state index is 10.9. The van der Waals surface area contributed by atoms with E-state index in [2.05, 4.69) is 33.9 Å². The van der Waals surface area contributed by atoms with Crippen LogP contribution < -0.4 is 0 Å². The van der Waals surface area contributed by atoms with Gasteiger partial charge in [-0.1, -0.05) is 20.8 Å². The number of carbonyl (C=O) groups is 1. The standard InChI is InChI=1S/C14H26O5Si/c1-10(15)18-9-12-13(11(16)7-8-17-12)19-20(5,6)14(2,3)4/h7-8,11-13,16H,9H2,1-6H3/t11-,12-,13+/m1/s1. The Morgan fingerprint density at radius 3 is 2.50 bits per heavy atom. The van der Waals surface area contributed by atoms with Crippen LogP contribution in [0.15, 0.2) is 12.3 Å². The molecule has 3 atom stereocenters. The zero-order valence-electron chi connectivity index (χ0n) is 13.2. The predicted molar refractivity (Wildman–Crippen MR) is 78.7 cm³/mol. The molecule has 1 heterocycles. The van der Waals surface area contributed by atoms with E-state index >= 15 is 0 Å². The van der Waals surface area contributed by atoms with Gasteiger partial charge in [-0.15, -0.1) is 0 Å². The summed E-state index contributed by atoms with van der Waals surface area (Å²) in [7, 11) is -2.05. The summed E-state index contributed by atoms with van der Waals surface area (Å²) in [4.78, 5) is 10.9. The van der Waals surface area contributed by atoms with Crippen molar-refractivity contribution in [3.63, 3.8) is 0 Å². The van der Waals surface area contributed by atoms with Crippen molar-refractivity contribution < 1.29 is 23.8 Å². The first-order valence-electron chi connectivity index (χ1n) is 6.86. The average Bonchev–Trinajstić information content (AvgIpc) is 2.28. The topological polar surface area (TPSA) is 65.0 Å². The van der Waals surface area contributed by atoms with Crippen molar-refractivity contribution >= 4 is 14.3 Å². The van der Waals surface area contributed by atoms with Crippen LogP contribution in [0, 0.1) is 0 Å². The Balaban J connectivity index is 2.81. The van der Waals surface area contributed by atoms with Crippen molar-refractivity contribution in [3.8, 4) is 0 Å². The SMILES string of the molecule is CC(=O)OC[C@H]1OC=C[C@@H](O)[C@@H]1O[Si](C)(C)C(C)(C)C. The summed E-state index contributed by atoms with van der Waals surface area (Å²) < 4.78 is 16.7. The number of aliphatic hydroxyl groups excluding tert-OH is 1. The highest BCUT2D eigenvalue weighted by Crippen LogP contribution is 2.38. The molecule has 1 aliphatic heterocycles. The summed E-state index contributed by atoms with van der Waals surface area (Å²) in [6.45, 7) is 12.0. The van der Waals surface area contributed by atoms with Gasteiger partial charge in [-0.05, 0) is 24.2 Å². The maximum Gasteiger partial charge on any atom is 0.302 e. The highest BCUT2D eigenvalue weighted by Gasteiger charge is 2.44. The molecule has 0 saturated heterocycles. The van der Waals surface area contributed by atoms with E-state index in [0.717, 1.165) is 0 Å². The van der Waals surface area contributed by atoms with Gasteiger partial charge in [0.15, 0.2) is 14.4 Å². The molecule has 0 aromatic heterocycles. The Kier molecular flexibility index (Phi) is 5.40. The van der Waals surface area contributed by atoms with E-state index in [1.54, 1.807) is 6.08 Å². The van der Waals surface area contributed by atoms with Crippen LogP contribution in [0.4, 0.5) is 0 Å². The van der Waals surface area contributed by atoms with E-state index in [9.17, 15) is 9.90 Å². The molecule has 20 heavy (non-hydrogen) atoms. The van der Waals surface area contributed by atoms with Gasteiger partial charge < -0.3 is 19.0 Å². The predicted octanol–water partition coefficient (Wildman–Crippen LogP) is 2.21. The van der Waals surface area contributed by atoms with Crippen molar-refractivity contribution in [1.82, 2.24) is 0 Å². The van der Waals surface area contributed by atoms with Crippen molar-refractivity contribution in [2.75, 3.05) is 6.61 Å². The third kappa shape index (κ3) is 4.33. The minimum absolute atomic E-state index is 0.0276. The molecule has 0 unspecified atom stereocenters. The molecule has 0 bridgehead atoms. The second kappa shape index (κ2) is 6.28. The molecule has 0 aromatic carbocycles. The number of rotatable bonds is 4. The number of hydrogen-bond acceptors (Lipinski definition) is 5. The smallest absolute Gasteiger partial charge is 0.302 e. The number of ether oxygens (including phenoxy) is 2. The fourth-order valence-electron chi connectivity index (χ4n) is 1.63. The van der Waals surface area contributed by atoms with Crippen LogP contribution in [0.1, 0.15) is 27.7 Å². The Morgan fingerprint density at radius 2 is 2.00 bits per heavy atom. The number of hydrogen-bond donors (Lipinski definition) is 1. The normalized spacial score (nSPS) is 27.1. The molecule has 1 N–H and O–H groups in total. The zero-order chi connectivity index (χ0) is 15.6. The molecule has 6 heteroatoms. The molecule has 0 saturated carbocycles. The summed E-state index contributed by atoms with van der Waals surface area (Å²) >= 11 is 0. The van der Waals surface area contributed by atoms with Gasteiger partial charge in [0.2, 0.25) is 0 Å². The van der Waals surface area contributed by atoms with E-state index < -0.39 is 26.6 Å². The van der Waals surface area contributed by atoms with Gasteiger partial charge >= 0.3 is 5.97 Å². The first-order chi connectivity index (χ1) is 9.04. The van der Waals surface area contributed by atoms with Gasteiger partial charge in [0.1, 0.15) is 18.8 Å².